The molecule has 2 aliphatic rings. The van der Waals surface area contributed by atoms with Crippen molar-refractivity contribution in [2.45, 2.75) is 25.6 Å². The summed E-state index contributed by atoms with van der Waals surface area (Å²) in [7, 11) is 0. The Kier molecular flexibility index (Phi) is 3.78. The SMILES string of the molecule is CC1(C2CCN(c3cncc(Br)c3)CC2)OCCO1. The third-order valence-corrected chi connectivity index (χ3v) is 4.59. The fraction of sp³-hybridized carbons (Fsp3) is 0.643. The number of anilines is 1. The maximum absolute atomic E-state index is 5.78. The Hall–Kier alpha value is -0.650. The average molecular weight is 327 g/mol. The van der Waals surface area contributed by atoms with Gasteiger partial charge in [-0.15, -0.1) is 0 Å². The van der Waals surface area contributed by atoms with E-state index in [-0.39, 0.29) is 5.79 Å². The lowest BCUT2D eigenvalue weighted by molar-refractivity contribution is -0.185. The summed E-state index contributed by atoms with van der Waals surface area (Å²) in [6, 6.07) is 2.12. The first-order chi connectivity index (χ1) is 9.17. The smallest absolute Gasteiger partial charge is 0.168 e. The Labute approximate surface area is 122 Å². The second kappa shape index (κ2) is 5.38. The van der Waals surface area contributed by atoms with Gasteiger partial charge in [-0.1, -0.05) is 0 Å². The highest BCUT2D eigenvalue weighted by Gasteiger charge is 2.41. The highest BCUT2D eigenvalue weighted by molar-refractivity contribution is 9.10. The molecule has 0 unspecified atom stereocenters. The molecule has 5 heteroatoms. The van der Waals surface area contributed by atoms with Crippen LogP contribution in [-0.2, 0) is 9.47 Å². The maximum Gasteiger partial charge on any atom is 0.168 e. The first-order valence-corrected chi connectivity index (χ1v) is 7.60. The fourth-order valence-electron chi connectivity index (χ4n) is 3.00. The summed E-state index contributed by atoms with van der Waals surface area (Å²) in [5, 5.41) is 0. The summed E-state index contributed by atoms with van der Waals surface area (Å²) < 4.78 is 12.6. The van der Waals surface area contributed by atoms with Crippen LogP contribution in [0.25, 0.3) is 0 Å². The number of hydrogen-bond donors (Lipinski definition) is 0. The molecule has 0 N–H and O–H groups in total. The molecule has 3 heterocycles. The predicted molar refractivity (Wildman–Crippen MR) is 77.2 cm³/mol. The third-order valence-electron chi connectivity index (χ3n) is 4.15. The number of halogens is 1. The zero-order valence-electron chi connectivity index (χ0n) is 11.1. The van der Waals surface area contributed by atoms with E-state index >= 15 is 0 Å². The molecule has 0 bridgehead atoms. The van der Waals surface area contributed by atoms with Crippen LogP contribution in [0.5, 0.6) is 0 Å². The summed E-state index contributed by atoms with van der Waals surface area (Å²) in [6.07, 6.45) is 5.94. The average Bonchev–Trinajstić information content (AvgIpc) is 2.87. The lowest BCUT2D eigenvalue weighted by atomic mass is 9.89. The van der Waals surface area contributed by atoms with Gasteiger partial charge < -0.3 is 14.4 Å². The molecule has 0 radical (unpaired) electrons. The van der Waals surface area contributed by atoms with E-state index in [4.69, 9.17) is 9.47 Å². The minimum Gasteiger partial charge on any atom is -0.370 e. The monoisotopic (exact) mass is 326 g/mol. The van der Waals surface area contributed by atoms with Crippen LogP contribution in [0.4, 0.5) is 5.69 Å². The van der Waals surface area contributed by atoms with E-state index in [1.807, 2.05) is 12.4 Å². The molecule has 1 aromatic heterocycles. The van der Waals surface area contributed by atoms with E-state index in [9.17, 15) is 0 Å². The van der Waals surface area contributed by atoms with Crippen LogP contribution < -0.4 is 4.90 Å². The highest BCUT2D eigenvalue weighted by atomic mass is 79.9. The molecule has 3 rings (SSSR count). The van der Waals surface area contributed by atoms with Crippen molar-refractivity contribution in [2.24, 2.45) is 5.92 Å². The highest BCUT2D eigenvalue weighted by Crippen LogP contribution is 2.36. The van der Waals surface area contributed by atoms with Gasteiger partial charge in [0.05, 0.1) is 25.1 Å². The van der Waals surface area contributed by atoms with Gasteiger partial charge in [0.2, 0.25) is 0 Å². The zero-order chi connectivity index (χ0) is 13.3. The lowest BCUT2D eigenvalue weighted by Crippen LogP contribution is -2.44. The summed E-state index contributed by atoms with van der Waals surface area (Å²) in [4.78, 5) is 6.61. The van der Waals surface area contributed by atoms with Gasteiger partial charge in [0.25, 0.3) is 0 Å². The Balaban J connectivity index is 1.63. The van der Waals surface area contributed by atoms with E-state index in [0.29, 0.717) is 5.92 Å². The number of hydrogen-bond acceptors (Lipinski definition) is 4. The predicted octanol–water partition coefficient (Wildman–Crippen LogP) is 2.82. The summed E-state index contributed by atoms with van der Waals surface area (Å²) >= 11 is 3.47. The van der Waals surface area contributed by atoms with Gasteiger partial charge in [-0.3, -0.25) is 4.98 Å². The van der Waals surface area contributed by atoms with Crippen molar-refractivity contribution in [2.75, 3.05) is 31.2 Å². The van der Waals surface area contributed by atoms with E-state index in [1.54, 1.807) is 0 Å². The Morgan fingerprint density at radius 3 is 2.58 bits per heavy atom. The van der Waals surface area contributed by atoms with Crippen molar-refractivity contribution < 1.29 is 9.47 Å². The molecule has 0 aromatic carbocycles. The van der Waals surface area contributed by atoms with Gasteiger partial charge in [-0.05, 0) is 41.8 Å². The van der Waals surface area contributed by atoms with Crippen molar-refractivity contribution >= 4 is 21.6 Å². The molecule has 2 fully saturated rings. The van der Waals surface area contributed by atoms with Gasteiger partial charge in [0.15, 0.2) is 5.79 Å². The van der Waals surface area contributed by atoms with Gasteiger partial charge in [-0.2, -0.15) is 0 Å². The minimum atomic E-state index is -0.360. The Bertz CT molecular complexity index is 441. The van der Waals surface area contributed by atoms with Crippen LogP contribution in [0.15, 0.2) is 22.9 Å². The van der Waals surface area contributed by atoms with Crippen molar-refractivity contribution in [1.29, 1.82) is 0 Å². The Morgan fingerprint density at radius 2 is 1.95 bits per heavy atom. The summed E-state index contributed by atoms with van der Waals surface area (Å²) in [6.45, 7) is 5.61. The number of pyridine rings is 1. The van der Waals surface area contributed by atoms with Crippen molar-refractivity contribution in [1.82, 2.24) is 4.98 Å². The number of rotatable bonds is 2. The molecule has 0 saturated carbocycles. The molecule has 0 amide bonds. The molecule has 4 nitrogen and oxygen atoms in total. The quantitative estimate of drug-likeness (QED) is 0.837. The van der Waals surface area contributed by atoms with E-state index in [2.05, 4.69) is 38.8 Å². The minimum absolute atomic E-state index is 0.360. The molecular formula is C14H19BrN2O2. The molecule has 19 heavy (non-hydrogen) atoms. The topological polar surface area (TPSA) is 34.6 Å². The number of aromatic nitrogens is 1. The van der Waals surface area contributed by atoms with Crippen LogP contribution in [-0.4, -0.2) is 37.1 Å². The van der Waals surface area contributed by atoms with E-state index in [0.717, 1.165) is 43.6 Å². The Morgan fingerprint density at radius 1 is 1.26 bits per heavy atom. The van der Waals surface area contributed by atoms with E-state index in [1.165, 1.54) is 5.69 Å². The van der Waals surface area contributed by atoms with Gasteiger partial charge in [0, 0.05) is 29.7 Å². The second-order valence-corrected chi connectivity index (χ2v) is 6.25. The molecule has 1 aromatic rings. The maximum atomic E-state index is 5.78. The van der Waals surface area contributed by atoms with Crippen LogP contribution >= 0.6 is 15.9 Å². The fourth-order valence-corrected chi connectivity index (χ4v) is 3.35. The molecule has 0 spiro atoms. The van der Waals surface area contributed by atoms with Crippen molar-refractivity contribution in [3.63, 3.8) is 0 Å². The second-order valence-electron chi connectivity index (χ2n) is 5.34. The van der Waals surface area contributed by atoms with Crippen LogP contribution in [0.2, 0.25) is 0 Å². The first kappa shape index (κ1) is 13.3. The molecular weight excluding hydrogens is 308 g/mol. The van der Waals surface area contributed by atoms with Gasteiger partial charge in [-0.25, -0.2) is 0 Å². The van der Waals surface area contributed by atoms with Crippen LogP contribution in [0.3, 0.4) is 0 Å². The van der Waals surface area contributed by atoms with Crippen LogP contribution in [0.1, 0.15) is 19.8 Å². The zero-order valence-corrected chi connectivity index (χ0v) is 12.7. The standard InChI is InChI=1S/C14H19BrN2O2/c1-14(18-6-7-19-14)11-2-4-17(5-3-11)13-8-12(15)9-16-10-13/h8-11H,2-7H2,1H3. The molecule has 0 atom stereocenters. The largest absolute Gasteiger partial charge is 0.370 e. The molecule has 104 valence electrons. The number of nitrogens with zero attached hydrogens (tertiary/aromatic N) is 2. The normalized spacial score (nSPS) is 23.8. The number of piperidine rings is 1. The van der Waals surface area contributed by atoms with Crippen LogP contribution in [0, 0.1) is 5.92 Å². The third kappa shape index (κ3) is 2.78. The molecule has 2 aliphatic heterocycles. The van der Waals surface area contributed by atoms with E-state index < -0.39 is 0 Å². The summed E-state index contributed by atoms with van der Waals surface area (Å²) in [5.41, 5.74) is 1.19. The molecule has 2 saturated heterocycles. The molecule has 0 aliphatic carbocycles. The summed E-state index contributed by atoms with van der Waals surface area (Å²) in [5.74, 6) is 0.132. The first-order valence-electron chi connectivity index (χ1n) is 6.81. The van der Waals surface area contributed by atoms with Crippen molar-refractivity contribution in [3.05, 3.63) is 22.9 Å². The lowest BCUT2D eigenvalue weighted by Gasteiger charge is -2.39. The van der Waals surface area contributed by atoms with Gasteiger partial charge in [0.1, 0.15) is 0 Å². The van der Waals surface area contributed by atoms with Gasteiger partial charge >= 0.3 is 0 Å². The number of ether oxygens (including phenoxy) is 2. The van der Waals surface area contributed by atoms with Crippen molar-refractivity contribution in [3.8, 4) is 0 Å².